The fourth-order valence-corrected chi connectivity index (χ4v) is 4.05. The number of ketones is 1. The first kappa shape index (κ1) is 21.8. The van der Waals surface area contributed by atoms with Gasteiger partial charge in [0.05, 0.1) is 5.56 Å². The summed E-state index contributed by atoms with van der Waals surface area (Å²) in [6.07, 6.45) is -0.714. The molecule has 3 rings (SSSR count). The van der Waals surface area contributed by atoms with Gasteiger partial charge in [-0.2, -0.15) is 13.2 Å². The minimum atomic E-state index is -4.50. The zero-order valence-electron chi connectivity index (χ0n) is 16.3. The van der Waals surface area contributed by atoms with E-state index >= 15 is 0 Å². The molecule has 2 saturated heterocycles. The molecule has 2 heterocycles. The lowest BCUT2D eigenvalue weighted by atomic mass is 9.99. The maximum absolute atomic E-state index is 12.8. The monoisotopic (exact) mass is 412 g/mol. The number of amides is 1. The van der Waals surface area contributed by atoms with E-state index in [9.17, 15) is 22.8 Å². The van der Waals surface area contributed by atoms with Crippen molar-refractivity contribution in [2.24, 2.45) is 0 Å². The van der Waals surface area contributed by atoms with Gasteiger partial charge < -0.3 is 10.1 Å². The van der Waals surface area contributed by atoms with Crippen LogP contribution in [0.15, 0.2) is 24.3 Å². The highest BCUT2D eigenvalue weighted by atomic mass is 19.4. The maximum atomic E-state index is 12.8. The van der Waals surface area contributed by atoms with Crippen LogP contribution in [0.5, 0.6) is 0 Å². The Hall–Kier alpha value is -1.93. The summed E-state index contributed by atoms with van der Waals surface area (Å²) in [5.41, 5.74) is -0.876. The highest BCUT2D eigenvalue weighted by Crippen LogP contribution is 2.29. The Morgan fingerprint density at radius 1 is 1.14 bits per heavy atom. The van der Waals surface area contributed by atoms with Crippen LogP contribution in [0, 0.1) is 0 Å². The lowest BCUT2D eigenvalue weighted by Gasteiger charge is -2.40. The normalized spacial score (nSPS) is 21.7. The van der Waals surface area contributed by atoms with E-state index in [0.29, 0.717) is 6.04 Å². The number of piperidine rings is 1. The second-order valence-corrected chi connectivity index (χ2v) is 7.75. The van der Waals surface area contributed by atoms with Gasteiger partial charge in [0, 0.05) is 50.2 Å². The van der Waals surface area contributed by atoms with Crippen LogP contribution >= 0.6 is 0 Å². The molecule has 8 heteroatoms. The van der Waals surface area contributed by atoms with Gasteiger partial charge in [-0.05, 0) is 44.4 Å². The molecule has 1 N–H and O–H groups in total. The maximum Gasteiger partial charge on any atom is 0.416 e. The van der Waals surface area contributed by atoms with Gasteiger partial charge in [-0.3, -0.25) is 14.5 Å². The van der Waals surface area contributed by atoms with Crippen LogP contribution in [-0.2, 0) is 15.7 Å². The van der Waals surface area contributed by atoms with Crippen molar-refractivity contribution in [2.75, 3.05) is 26.3 Å². The Morgan fingerprint density at radius 2 is 1.90 bits per heavy atom. The molecule has 1 atom stereocenters. The summed E-state index contributed by atoms with van der Waals surface area (Å²) in [5, 5.41) is 2.99. The summed E-state index contributed by atoms with van der Waals surface area (Å²) in [4.78, 5) is 26.9. The van der Waals surface area contributed by atoms with Crippen molar-refractivity contribution in [1.29, 1.82) is 0 Å². The van der Waals surface area contributed by atoms with E-state index in [1.807, 2.05) is 0 Å². The van der Waals surface area contributed by atoms with Crippen LogP contribution in [0.4, 0.5) is 13.2 Å². The molecule has 2 aliphatic rings. The van der Waals surface area contributed by atoms with Crippen molar-refractivity contribution >= 4 is 11.7 Å². The van der Waals surface area contributed by atoms with E-state index in [4.69, 9.17) is 4.74 Å². The highest BCUT2D eigenvalue weighted by Gasteiger charge is 2.31. The van der Waals surface area contributed by atoms with Gasteiger partial charge in [0.1, 0.15) is 0 Å². The van der Waals surface area contributed by atoms with E-state index in [0.717, 1.165) is 64.1 Å². The fraction of sp³-hybridized carbons (Fsp3) is 0.619. The Balaban J connectivity index is 1.46. The zero-order chi connectivity index (χ0) is 20.9. The van der Waals surface area contributed by atoms with E-state index < -0.39 is 17.5 Å². The van der Waals surface area contributed by atoms with Gasteiger partial charge in [-0.15, -0.1) is 0 Å². The molecule has 1 unspecified atom stereocenters. The number of nitrogens with zero attached hydrogens (tertiary/aromatic N) is 1. The molecule has 29 heavy (non-hydrogen) atoms. The number of hydrogen-bond acceptors (Lipinski definition) is 4. The van der Waals surface area contributed by atoms with Crippen molar-refractivity contribution in [1.82, 2.24) is 10.2 Å². The lowest BCUT2D eigenvalue weighted by molar-refractivity contribution is -0.137. The predicted molar refractivity (Wildman–Crippen MR) is 102 cm³/mol. The number of alkyl halides is 3. The molecular formula is C21H27F3N2O3. The standard InChI is InChI=1S/C21H27F3N2O3/c22-21(23,24)16-4-1-3-15(13-16)19(27)6-7-20(28)25-17-5-2-10-26(14-17)18-8-11-29-12-9-18/h1,3-4,13,17-18H,2,5-12,14H2,(H,25,28). The summed E-state index contributed by atoms with van der Waals surface area (Å²) in [5.74, 6) is -0.692. The first-order valence-electron chi connectivity index (χ1n) is 10.1. The van der Waals surface area contributed by atoms with Crippen molar-refractivity contribution < 1.29 is 27.5 Å². The molecule has 1 aromatic carbocycles. The Labute approximate surface area is 168 Å². The number of rotatable bonds is 6. The molecule has 0 radical (unpaired) electrons. The molecule has 160 valence electrons. The average Bonchev–Trinajstić information content (AvgIpc) is 2.72. The van der Waals surface area contributed by atoms with Crippen molar-refractivity contribution in [2.45, 2.75) is 56.8 Å². The largest absolute Gasteiger partial charge is 0.416 e. The Morgan fingerprint density at radius 3 is 2.62 bits per heavy atom. The Kier molecular flexibility index (Phi) is 7.29. The van der Waals surface area contributed by atoms with Crippen LogP contribution in [0.3, 0.4) is 0 Å². The molecule has 1 amide bonds. The number of nitrogens with one attached hydrogen (secondary N) is 1. The molecule has 2 fully saturated rings. The Bertz CT molecular complexity index is 717. The van der Waals surface area contributed by atoms with Gasteiger partial charge in [-0.1, -0.05) is 12.1 Å². The number of hydrogen-bond donors (Lipinski definition) is 1. The van der Waals surface area contributed by atoms with Crippen LogP contribution in [0.2, 0.25) is 0 Å². The molecular weight excluding hydrogens is 385 g/mol. The number of likely N-dealkylation sites (tertiary alicyclic amines) is 1. The minimum absolute atomic E-state index is 0.0176. The summed E-state index contributed by atoms with van der Waals surface area (Å²) < 4.78 is 43.8. The van der Waals surface area contributed by atoms with E-state index in [1.54, 1.807) is 0 Å². The van der Waals surface area contributed by atoms with E-state index in [-0.39, 0.29) is 30.4 Å². The topological polar surface area (TPSA) is 58.6 Å². The van der Waals surface area contributed by atoms with E-state index in [2.05, 4.69) is 10.2 Å². The van der Waals surface area contributed by atoms with Crippen molar-refractivity contribution in [3.8, 4) is 0 Å². The fourth-order valence-electron chi connectivity index (χ4n) is 4.05. The van der Waals surface area contributed by atoms with Crippen LogP contribution in [0.25, 0.3) is 0 Å². The lowest BCUT2D eigenvalue weighted by Crippen LogP contribution is -2.52. The predicted octanol–water partition coefficient (Wildman–Crippen LogP) is 3.43. The van der Waals surface area contributed by atoms with Gasteiger partial charge in [0.2, 0.25) is 5.91 Å². The van der Waals surface area contributed by atoms with Gasteiger partial charge in [0.15, 0.2) is 5.78 Å². The third-order valence-corrected chi connectivity index (χ3v) is 5.62. The third-order valence-electron chi connectivity index (χ3n) is 5.62. The molecule has 0 saturated carbocycles. The smallest absolute Gasteiger partial charge is 0.381 e. The van der Waals surface area contributed by atoms with Gasteiger partial charge in [-0.25, -0.2) is 0 Å². The first-order valence-corrected chi connectivity index (χ1v) is 10.1. The number of carbonyl (C=O) groups is 2. The average molecular weight is 412 g/mol. The summed E-state index contributed by atoms with van der Waals surface area (Å²) in [7, 11) is 0. The van der Waals surface area contributed by atoms with Gasteiger partial charge in [0.25, 0.3) is 0 Å². The van der Waals surface area contributed by atoms with Crippen LogP contribution in [0.1, 0.15) is 54.4 Å². The number of carbonyl (C=O) groups excluding carboxylic acids is 2. The molecule has 1 aromatic rings. The second-order valence-electron chi connectivity index (χ2n) is 7.75. The molecule has 0 aliphatic carbocycles. The molecule has 0 aromatic heterocycles. The number of halogens is 3. The van der Waals surface area contributed by atoms with E-state index in [1.165, 1.54) is 12.1 Å². The molecule has 2 aliphatic heterocycles. The molecule has 5 nitrogen and oxygen atoms in total. The zero-order valence-corrected chi connectivity index (χ0v) is 16.3. The summed E-state index contributed by atoms with van der Waals surface area (Å²) in [6, 6.07) is 4.86. The highest BCUT2D eigenvalue weighted by molar-refractivity contribution is 5.98. The molecule has 0 spiro atoms. The number of Topliss-reactive ketones (excluding diaryl/α,β-unsaturated/α-hetero) is 1. The minimum Gasteiger partial charge on any atom is -0.381 e. The van der Waals surface area contributed by atoms with Crippen molar-refractivity contribution in [3.05, 3.63) is 35.4 Å². The summed E-state index contributed by atoms with van der Waals surface area (Å²) in [6.45, 7) is 3.36. The SMILES string of the molecule is O=C(CCC(=O)c1cccc(C(F)(F)F)c1)NC1CCCN(C2CCOCC2)C1. The van der Waals surface area contributed by atoms with Crippen LogP contribution < -0.4 is 5.32 Å². The van der Waals surface area contributed by atoms with Crippen LogP contribution in [-0.4, -0.2) is 55.0 Å². The number of ether oxygens (including phenoxy) is 1. The molecule has 0 bridgehead atoms. The second kappa shape index (κ2) is 9.71. The summed E-state index contributed by atoms with van der Waals surface area (Å²) >= 11 is 0. The van der Waals surface area contributed by atoms with Crippen molar-refractivity contribution in [3.63, 3.8) is 0 Å². The van der Waals surface area contributed by atoms with Gasteiger partial charge >= 0.3 is 6.18 Å². The number of benzene rings is 1. The quantitative estimate of drug-likeness (QED) is 0.728. The third kappa shape index (κ3) is 6.27. The first-order chi connectivity index (χ1) is 13.8.